The molecule has 2 unspecified atom stereocenters. The summed E-state index contributed by atoms with van der Waals surface area (Å²) < 4.78 is 1.16. The fourth-order valence-electron chi connectivity index (χ4n) is 2.94. The molecule has 126 valence electrons. The molecule has 0 bridgehead atoms. The van der Waals surface area contributed by atoms with Crippen LogP contribution in [-0.2, 0) is 0 Å². The molecule has 0 N–H and O–H groups in total. The first kappa shape index (κ1) is 21.5. The Labute approximate surface area is 148 Å². The van der Waals surface area contributed by atoms with Gasteiger partial charge in [0.1, 0.15) is 0 Å². The largest absolute Gasteiger partial charge is 0.0818 e. The predicted octanol–water partition coefficient (Wildman–Crippen LogP) is 7.81. The molecule has 0 heterocycles. The number of halogens is 1. The molecule has 0 aliphatic carbocycles. The van der Waals surface area contributed by atoms with Crippen LogP contribution in [0.4, 0.5) is 0 Å². The van der Waals surface area contributed by atoms with Crippen molar-refractivity contribution in [2.75, 3.05) is 4.43 Å². The van der Waals surface area contributed by atoms with Crippen LogP contribution in [0, 0.1) is 17.8 Å². The normalized spacial score (nSPS) is 15.5. The summed E-state index contributed by atoms with van der Waals surface area (Å²) in [6, 6.07) is 0. The molecule has 0 spiro atoms. The predicted molar refractivity (Wildman–Crippen MR) is 107 cm³/mol. The van der Waals surface area contributed by atoms with E-state index in [9.17, 15) is 0 Å². The van der Waals surface area contributed by atoms with Gasteiger partial charge in [0.05, 0.1) is 0 Å². The number of rotatable bonds is 13. The van der Waals surface area contributed by atoms with Crippen molar-refractivity contribution >= 4 is 22.6 Å². The number of alkyl halides is 1. The van der Waals surface area contributed by atoms with Crippen molar-refractivity contribution in [2.24, 2.45) is 17.8 Å². The van der Waals surface area contributed by atoms with Crippen LogP contribution in [0.2, 0.25) is 0 Å². The zero-order chi connectivity index (χ0) is 16.1. The van der Waals surface area contributed by atoms with Gasteiger partial charge in [0.2, 0.25) is 0 Å². The smallest absolute Gasteiger partial charge is 0.0178 e. The second-order valence-corrected chi connectivity index (χ2v) is 8.44. The molecule has 2 atom stereocenters. The Morgan fingerprint density at radius 1 is 0.810 bits per heavy atom. The lowest BCUT2D eigenvalue weighted by Gasteiger charge is -2.15. The number of hydrogen-bond donors (Lipinski definition) is 0. The third kappa shape index (κ3) is 15.1. The average molecular weight is 406 g/mol. The van der Waals surface area contributed by atoms with Gasteiger partial charge >= 0.3 is 0 Å². The summed E-state index contributed by atoms with van der Waals surface area (Å²) in [5.41, 5.74) is 1.58. The topological polar surface area (TPSA) is 0 Å². The molecule has 0 aliphatic rings. The van der Waals surface area contributed by atoms with Gasteiger partial charge in [-0.1, -0.05) is 107 Å². The first-order valence-corrected chi connectivity index (χ1v) is 10.7. The summed E-state index contributed by atoms with van der Waals surface area (Å²) in [5, 5.41) is 0. The summed E-state index contributed by atoms with van der Waals surface area (Å²) in [6.45, 7) is 11.8. The Bertz CT molecular complexity index is 255. The Balaban J connectivity index is 3.52. The van der Waals surface area contributed by atoms with Gasteiger partial charge in [-0.25, -0.2) is 0 Å². The van der Waals surface area contributed by atoms with Crippen molar-refractivity contribution in [1.29, 1.82) is 0 Å². The lowest BCUT2D eigenvalue weighted by Crippen LogP contribution is -2.00. The monoisotopic (exact) mass is 406 g/mol. The van der Waals surface area contributed by atoms with Crippen LogP contribution in [0.15, 0.2) is 11.6 Å². The lowest BCUT2D eigenvalue weighted by molar-refractivity contribution is 0.389. The second kappa shape index (κ2) is 14.1. The van der Waals surface area contributed by atoms with E-state index in [1.807, 2.05) is 0 Å². The molecule has 0 saturated carbocycles. The van der Waals surface area contributed by atoms with E-state index in [0.717, 1.165) is 22.2 Å². The van der Waals surface area contributed by atoms with E-state index in [0.29, 0.717) is 0 Å². The minimum atomic E-state index is 0.877. The van der Waals surface area contributed by atoms with E-state index in [1.54, 1.807) is 5.57 Å². The molecule has 0 aromatic rings. The summed E-state index contributed by atoms with van der Waals surface area (Å²) >= 11 is 2.43. The number of allylic oxidation sites excluding steroid dienone is 2. The van der Waals surface area contributed by atoms with Crippen molar-refractivity contribution in [1.82, 2.24) is 0 Å². The highest BCUT2D eigenvalue weighted by Crippen LogP contribution is 2.22. The summed E-state index contributed by atoms with van der Waals surface area (Å²) in [4.78, 5) is 0. The maximum absolute atomic E-state index is 2.45. The average Bonchev–Trinajstić information content (AvgIpc) is 2.38. The van der Waals surface area contributed by atoms with Gasteiger partial charge in [0.15, 0.2) is 0 Å². The van der Waals surface area contributed by atoms with Crippen LogP contribution in [0.5, 0.6) is 0 Å². The molecule has 0 radical (unpaired) electrons. The van der Waals surface area contributed by atoms with Gasteiger partial charge in [-0.3, -0.25) is 0 Å². The van der Waals surface area contributed by atoms with Crippen LogP contribution in [-0.4, -0.2) is 4.43 Å². The molecule has 0 fully saturated rings. The first-order chi connectivity index (χ1) is 9.95. The van der Waals surface area contributed by atoms with Crippen molar-refractivity contribution < 1.29 is 0 Å². The van der Waals surface area contributed by atoms with Crippen molar-refractivity contribution in [2.45, 2.75) is 92.4 Å². The summed E-state index contributed by atoms with van der Waals surface area (Å²) in [5.74, 6) is 2.73. The third-order valence-corrected chi connectivity index (χ3v) is 5.01. The summed E-state index contributed by atoms with van der Waals surface area (Å²) in [6.07, 6.45) is 15.0. The third-order valence-electron chi connectivity index (χ3n) is 4.57. The van der Waals surface area contributed by atoms with E-state index in [4.69, 9.17) is 0 Å². The van der Waals surface area contributed by atoms with Crippen LogP contribution in [0.3, 0.4) is 0 Å². The summed E-state index contributed by atoms with van der Waals surface area (Å²) in [7, 11) is 0. The molecule has 1 heteroatoms. The number of hydrogen-bond acceptors (Lipinski definition) is 0. The van der Waals surface area contributed by atoms with E-state index in [-0.39, 0.29) is 0 Å². The molecule has 0 aliphatic heterocycles. The SMILES string of the molecule is C/C(=C\CI)CCCC(C)CCCC(C)CCCC(C)C. The fraction of sp³-hybridized carbons (Fsp3) is 0.900. The lowest BCUT2D eigenvalue weighted by atomic mass is 9.91. The minimum Gasteiger partial charge on any atom is -0.0818 e. The van der Waals surface area contributed by atoms with Gasteiger partial charge in [-0.05, 0) is 37.5 Å². The maximum Gasteiger partial charge on any atom is 0.0178 e. The Kier molecular flexibility index (Phi) is 14.4. The van der Waals surface area contributed by atoms with Crippen molar-refractivity contribution in [3.05, 3.63) is 11.6 Å². The first-order valence-electron chi connectivity index (χ1n) is 9.17. The molecule has 0 amide bonds. The van der Waals surface area contributed by atoms with Crippen molar-refractivity contribution in [3.8, 4) is 0 Å². The molecule has 0 aromatic carbocycles. The zero-order valence-corrected chi connectivity index (χ0v) is 17.4. The van der Waals surface area contributed by atoms with E-state index in [1.165, 1.54) is 57.8 Å². The molecular weight excluding hydrogens is 367 g/mol. The zero-order valence-electron chi connectivity index (χ0n) is 15.3. The fourth-order valence-corrected chi connectivity index (χ4v) is 3.69. The standard InChI is InChI=1S/C20H39I/c1-17(2)9-6-10-18(3)11-7-12-19(4)13-8-14-20(5)15-16-21/h15,17-19H,6-14,16H2,1-5H3/b20-15+. The van der Waals surface area contributed by atoms with Crippen LogP contribution < -0.4 is 0 Å². The van der Waals surface area contributed by atoms with Gasteiger partial charge in [0, 0.05) is 4.43 Å². The highest BCUT2D eigenvalue weighted by Gasteiger charge is 2.06. The second-order valence-electron chi connectivity index (χ2n) is 7.56. The van der Waals surface area contributed by atoms with E-state index < -0.39 is 0 Å². The highest BCUT2D eigenvalue weighted by atomic mass is 127. The molecule has 21 heavy (non-hydrogen) atoms. The molecular formula is C20H39I. The van der Waals surface area contributed by atoms with Crippen LogP contribution in [0.1, 0.15) is 92.4 Å². The molecule has 0 rings (SSSR count). The molecule has 0 saturated heterocycles. The van der Waals surface area contributed by atoms with Crippen LogP contribution in [0.25, 0.3) is 0 Å². The van der Waals surface area contributed by atoms with Gasteiger partial charge in [0.25, 0.3) is 0 Å². The van der Waals surface area contributed by atoms with Crippen LogP contribution >= 0.6 is 22.6 Å². The van der Waals surface area contributed by atoms with E-state index in [2.05, 4.69) is 63.3 Å². The molecule has 0 nitrogen and oxygen atoms in total. The van der Waals surface area contributed by atoms with Gasteiger partial charge in [-0.15, -0.1) is 0 Å². The molecule has 0 aromatic heterocycles. The van der Waals surface area contributed by atoms with E-state index >= 15 is 0 Å². The van der Waals surface area contributed by atoms with Crippen molar-refractivity contribution in [3.63, 3.8) is 0 Å². The highest BCUT2D eigenvalue weighted by molar-refractivity contribution is 14.1. The Morgan fingerprint density at radius 3 is 1.76 bits per heavy atom. The maximum atomic E-state index is 2.45. The Hall–Kier alpha value is 0.470. The Morgan fingerprint density at radius 2 is 1.29 bits per heavy atom. The quantitative estimate of drug-likeness (QED) is 0.166. The van der Waals surface area contributed by atoms with Gasteiger partial charge < -0.3 is 0 Å². The minimum absolute atomic E-state index is 0.877. The van der Waals surface area contributed by atoms with Gasteiger partial charge in [-0.2, -0.15) is 0 Å².